The molecule has 7 nitrogen and oxygen atoms in total. The molecule has 0 radical (unpaired) electrons. The molecule has 1 aromatic carbocycles. The number of morpholine rings is 1. The van der Waals surface area contributed by atoms with Crippen LogP contribution in [0.3, 0.4) is 0 Å². The monoisotopic (exact) mass is 338 g/mol. The Morgan fingerprint density at radius 2 is 2.04 bits per heavy atom. The molecule has 1 aliphatic rings. The predicted molar refractivity (Wildman–Crippen MR) is 92.7 cm³/mol. The molecule has 1 saturated heterocycles. The molecular formula is C18H22N6O. The summed E-state index contributed by atoms with van der Waals surface area (Å²) in [6.07, 6.45) is 5.76. The van der Waals surface area contributed by atoms with Crippen LogP contribution in [0.4, 0.5) is 0 Å². The predicted octanol–water partition coefficient (Wildman–Crippen LogP) is 1.63. The molecule has 1 aliphatic heterocycles. The number of ether oxygens (including phenoxy) is 1. The van der Waals surface area contributed by atoms with E-state index in [2.05, 4.69) is 32.2 Å². The molecule has 0 amide bonds. The molecule has 1 fully saturated rings. The summed E-state index contributed by atoms with van der Waals surface area (Å²) in [4.78, 5) is 6.91. The standard InChI is InChI=1S/C18H22N6O/c1-22-10-16(9-20-22)11-23-7-8-25-13-17(23)18-19-14-24(21-18)12-15-5-3-2-4-6-15/h2-6,9-10,14,17H,7-8,11-13H2,1H3/t17-/m0/s1. The Labute approximate surface area is 146 Å². The lowest BCUT2D eigenvalue weighted by Crippen LogP contribution is -2.39. The number of aryl methyl sites for hydroxylation is 1. The van der Waals surface area contributed by atoms with Crippen LogP contribution < -0.4 is 0 Å². The fourth-order valence-corrected chi connectivity index (χ4v) is 3.16. The Balaban J connectivity index is 1.48. The van der Waals surface area contributed by atoms with Gasteiger partial charge in [0.05, 0.1) is 32.0 Å². The number of rotatable bonds is 5. The third kappa shape index (κ3) is 3.78. The molecule has 0 unspecified atom stereocenters. The molecule has 0 bridgehead atoms. The van der Waals surface area contributed by atoms with Crippen LogP contribution in [0.5, 0.6) is 0 Å². The third-order valence-corrected chi connectivity index (χ3v) is 4.42. The van der Waals surface area contributed by atoms with Crippen molar-refractivity contribution < 1.29 is 4.74 Å². The number of hydrogen-bond acceptors (Lipinski definition) is 5. The van der Waals surface area contributed by atoms with Gasteiger partial charge in [0, 0.05) is 31.9 Å². The lowest BCUT2D eigenvalue weighted by atomic mass is 10.2. The maximum absolute atomic E-state index is 5.69. The van der Waals surface area contributed by atoms with Gasteiger partial charge in [-0.1, -0.05) is 30.3 Å². The molecule has 25 heavy (non-hydrogen) atoms. The first-order valence-electron chi connectivity index (χ1n) is 8.50. The van der Waals surface area contributed by atoms with Gasteiger partial charge in [0.25, 0.3) is 0 Å². The Morgan fingerprint density at radius 3 is 2.84 bits per heavy atom. The first kappa shape index (κ1) is 16.0. The lowest BCUT2D eigenvalue weighted by molar-refractivity contribution is -0.0159. The normalized spacial score (nSPS) is 18.5. The quantitative estimate of drug-likeness (QED) is 0.708. The van der Waals surface area contributed by atoms with E-state index in [4.69, 9.17) is 4.74 Å². The maximum Gasteiger partial charge on any atom is 0.170 e. The fraction of sp³-hybridized carbons (Fsp3) is 0.389. The summed E-state index contributed by atoms with van der Waals surface area (Å²) in [5.41, 5.74) is 2.41. The third-order valence-electron chi connectivity index (χ3n) is 4.42. The van der Waals surface area contributed by atoms with Crippen LogP contribution in [-0.4, -0.2) is 49.2 Å². The summed E-state index contributed by atoms with van der Waals surface area (Å²) in [5, 5.41) is 8.94. The van der Waals surface area contributed by atoms with Crippen LogP contribution >= 0.6 is 0 Å². The molecule has 2 aromatic heterocycles. The van der Waals surface area contributed by atoms with Crippen LogP contribution in [0.25, 0.3) is 0 Å². The minimum Gasteiger partial charge on any atom is -0.378 e. The van der Waals surface area contributed by atoms with Gasteiger partial charge in [-0.05, 0) is 5.56 Å². The van der Waals surface area contributed by atoms with Crippen molar-refractivity contribution in [3.8, 4) is 0 Å². The Bertz CT molecular complexity index is 812. The topological polar surface area (TPSA) is 61.0 Å². The zero-order valence-corrected chi connectivity index (χ0v) is 14.3. The highest BCUT2D eigenvalue weighted by Gasteiger charge is 2.28. The highest BCUT2D eigenvalue weighted by atomic mass is 16.5. The average molecular weight is 338 g/mol. The molecule has 4 rings (SSSR count). The second-order valence-corrected chi connectivity index (χ2v) is 6.37. The van der Waals surface area contributed by atoms with Gasteiger partial charge in [0.15, 0.2) is 5.82 Å². The van der Waals surface area contributed by atoms with Gasteiger partial charge in [-0.25, -0.2) is 9.67 Å². The SMILES string of the molecule is Cn1cc(CN2CCOC[C@H]2c2ncn(Cc3ccccc3)n2)cn1. The molecular weight excluding hydrogens is 316 g/mol. The Hall–Kier alpha value is -2.51. The van der Waals surface area contributed by atoms with Gasteiger partial charge in [0.2, 0.25) is 0 Å². The van der Waals surface area contributed by atoms with E-state index in [9.17, 15) is 0 Å². The van der Waals surface area contributed by atoms with Crippen LogP contribution in [0.15, 0.2) is 49.1 Å². The second-order valence-electron chi connectivity index (χ2n) is 6.37. The van der Waals surface area contributed by atoms with Crippen LogP contribution in [0.2, 0.25) is 0 Å². The van der Waals surface area contributed by atoms with E-state index in [0.717, 1.165) is 32.1 Å². The van der Waals surface area contributed by atoms with Crippen LogP contribution in [0, 0.1) is 0 Å². The maximum atomic E-state index is 5.69. The van der Waals surface area contributed by atoms with Gasteiger partial charge in [0.1, 0.15) is 6.33 Å². The van der Waals surface area contributed by atoms with E-state index in [1.54, 1.807) is 6.33 Å². The van der Waals surface area contributed by atoms with Crippen molar-refractivity contribution in [1.29, 1.82) is 0 Å². The first-order valence-corrected chi connectivity index (χ1v) is 8.50. The van der Waals surface area contributed by atoms with Crippen molar-refractivity contribution in [2.24, 2.45) is 7.05 Å². The number of hydrogen-bond donors (Lipinski definition) is 0. The molecule has 0 aliphatic carbocycles. The first-order chi connectivity index (χ1) is 12.3. The molecule has 0 N–H and O–H groups in total. The fourth-order valence-electron chi connectivity index (χ4n) is 3.16. The van der Waals surface area contributed by atoms with E-state index in [0.29, 0.717) is 6.61 Å². The van der Waals surface area contributed by atoms with E-state index >= 15 is 0 Å². The molecule has 3 aromatic rings. The molecule has 3 heterocycles. The zero-order chi connectivity index (χ0) is 17.1. The van der Waals surface area contributed by atoms with Crippen molar-refractivity contribution in [2.45, 2.75) is 19.1 Å². The largest absolute Gasteiger partial charge is 0.378 e. The van der Waals surface area contributed by atoms with Crippen molar-refractivity contribution in [1.82, 2.24) is 29.4 Å². The Kier molecular flexibility index (Phi) is 4.58. The summed E-state index contributed by atoms with van der Waals surface area (Å²) in [5.74, 6) is 0.819. The summed E-state index contributed by atoms with van der Waals surface area (Å²) in [6, 6.07) is 10.4. The summed E-state index contributed by atoms with van der Waals surface area (Å²) in [7, 11) is 1.94. The van der Waals surface area contributed by atoms with Crippen LogP contribution in [-0.2, 0) is 24.9 Å². The highest BCUT2D eigenvalue weighted by Crippen LogP contribution is 2.23. The lowest BCUT2D eigenvalue weighted by Gasteiger charge is -2.33. The van der Waals surface area contributed by atoms with E-state index < -0.39 is 0 Å². The molecule has 7 heteroatoms. The number of aromatic nitrogens is 5. The van der Waals surface area contributed by atoms with Crippen molar-refractivity contribution in [2.75, 3.05) is 19.8 Å². The molecule has 130 valence electrons. The zero-order valence-electron chi connectivity index (χ0n) is 14.3. The Morgan fingerprint density at radius 1 is 1.16 bits per heavy atom. The van der Waals surface area contributed by atoms with Gasteiger partial charge in [-0.15, -0.1) is 0 Å². The molecule has 1 atom stereocenters. The van der Waals surface area contributed by atoms with E-state index in [1.807, 2.05) is 47.0 Å². The van der Waals surface area contributed by atoms with Crippen molar-refractivity contribution in [3.05, 3.63) is 66.0 Å². The summed E-state index contributed by atoms with van der Waals surface area (Å²) in [6.45, 7) is 3.78. The van der Waals surface area contributed by atoms with E-state index in [-0.39, 0.29) is 6.04 Å². The minimum absolute atomic E-state index is 0.0750. The second kappa shape index (κ2) is 7.16. The molecule has 0 saturated carbocycles. The summed E-state index contributed by atoms with van der Waals surface area (Å²) < 4.78 is 9.41. The summed E-state index contributed by atoms with van der Waals surface area (Å²) >= 11 is 0. The number of benzene rings is 1. The van der Waals surface area contributed by atoms with Crippen molar-refractivity contribution >= 4 is 0 Å². The van der Waals surface area contributed by atoms with Crippen molar-refractivity contribution in [3.63, 3.8) is 0 Å². The van der Waals surface area contributed by atoms with E-state index in [1.165, 1.54) is 11.1 Å². The minimum atomic E-state index is 0.0750. The van der Waals surface area contributed by atoms with Crippen LogP contribution in [0.1, 0.15) is 23.0 Å². The van der Waals surface area contributed by atoms with Gasteiger partial charge >= 0.3 is 0 Å². The van der Waals surface area contributed by atoms with Gasteiger partial charge in [-0.2, -0.15) is 10.2 Å². The molecule has 0 spiro atoms. The van der Waals surface area contributed by atoms with Gasteiger partial charge < -0.3 is 4.74 Å². The van der Waals surface area contributed by atoms with Gasteiger partial charge in [-0.3, -0.25) is 9.58 Å². The number of nitrogens with zero attached hydrogens (tertiary/aromatic N) is 6. The highest BCUT2D eigenvalue weighted by molar-refractivity contribution is 5.14. The average Bonchev–Trinajstić information content (AvgIpc) is 3.25. The smallest absolute Gasteiger partial charge is 0.170 e.